The maximum absolute atomic E-state index is 5.96. The Morgan fingerprint density at radius 2 is 1.85 bits per heavy atom. The van der Waals surface area contributed by atoms with E-state index in [4.69, 9.17) is 23.2 Å². The van der Waals surface area contributed by atoms with Gasteiger partial charge in [-0.1, -0.05) is 23.2 Å². The van der Waals surface area contributed by atoms with Crippen LogP contribution >= 0.6 is 23.2 Å². The summed E-state index contributed by atoms with van der Waals surface area (Å²) in [6, 6.07) is 5.36. The van der Waals surface area contributed by atoms with Crippen molar-refractivity contribution in [3.63, 3.8) is 0 Å². The van der Waals surface area contributed by atoms with Gasteiger partial charge in [-0.25, -0.2) is 4.98 Å². The summed E-state index contributed by atoms with van der Waals surface area (Å²) in [6.07, 6.45) is 5.09. The average Bonchev–Trinajstić information content (AvgIpc) is 2.84. The predicted molar refractivity (Wildman–Crippen MR) is 77.5 cm³/mol. The Balaban J connectivity index is 2.22. The maximum atomic E-state index is 5.96. The number of pyridine rings is 2. The number of hydrogen-bond donors (Lipinski definition) is 0. The first-order valence-electron chi connectivity index (χ1n) is 5.77. The van der Waals surface area contributed by atoms with Crippen LogP contribution in [0, 0.1) is 0 Å². The molecule has 0 atom stereocenters. The van der Waals surface area contributed by atoms with Crippen LogP contribution in [0.1, 0.15) is 0 Å². The molecule has 0 aliphatic rings. The summed E-state index contributed by atoms with van der Waals surface area (Å²) in [5.74, 6) is 0.742. The number of halogens is 2. The van der Waals surface area contributed by atoms with Gasteiger partial charge in [-0.05, 0) is 23.8 Å². The molecule has 100 valence electrons. The van der Waals surface area contributed by atoms with Gasteiger partial charge in [-0.3, -0.25) is 4.98 Å². The van der Waals surface area contributed by atoms with Gasteiger partial charge in [0.25, 0.3) is 0 Å². The molecule has 7 heteroatoms. The third kappa shape index (κ3) is 2.37. The Labute approximate surface area is 125 Å². The fourth-order valence-electron chi connectivity index (χ4n) is 1.97. The summed E-state index contributed by atoms with van der Waals surface area (Å²) in [5, 5.41) is 8.68. The van der Waals surface area contributed by atoms with E-state index in [0.29, 0.717) is 10.3 Å². The van der Waals surface area contributed by atoms with Gasteiger partial charge in [-0.15, -0.1) is 10.2 Å². The maximum Gasteiger partial charge on any atom is 0.164 e. The first kappa shape index (κ1) is 13.0. The first-order valence-corrected chi connectivity index (χ1v) is 6.52. The van der Waals surface area contributed by atoms with Gasteiger partial charge in [0.15, 0.2) is 5.82 Å². The fourth-order valence-corrected chi connectivity index (χ4v) is 2.43. The van der Waals surface area contributed by atoms with Crippen molar-refractivity contribution in [2.45, 2.75) is 0 Å². The molecule has 0 bridgehead atoms. The highest BCUT2D eigenvalue weighted by molar-refractivity contribution is 6.32. The quantitative estimate of drug-likeness (QED) is 0.682. The lowest BCUT2D eigenvalue weighted by Crippen LogP contribution is -1.95. The highest BCUT2D eigenvalue weighted by atomic mass is 35.5. The van der Waals surface area contributed by atoms with E-state index >= 15 is 0 Å². The molecule has 3 aromatic heterocycles. The molecular formula is C13H9Cl2N5. The molecule has 20 heavy (non-hydrogen) atoms. The van der Waals surface area contributed by atoms with Crippen molar-refractivity contribution in [1.29, 1.82) is 0 Å². The summed E-state index contributed by atoms with van der Waals surface area (Å²) in [7, 11) is 1.88. The van der Waals surface area contributed by atoms with Crippen LogP contribution in [0.5, 0.6) is 0 Å². The summed E-state index contributed by atoms with van der Waals surface area (Å²) in [6.45, 7) is 0. The molecular weight excluding hydrogens is 297 g/mol. The molecule has 0 radical (unpaired) electrons. The molecule has 0 saturated carbocycles. The van der Waals surface area contributed by atoms with Crippen LogP contribution < -0.4 is 0 Å². The Morgan fingerprint density at radius 1 is 1.10 bits per heavy atom. The smallest absolute Gasteiger partial charge is 0.164 e. The van der Waals surface area contributed by atoms with Gasteiger partial charge in [0.2, 0.25) is 0 Å². The number of rotatable bonds is 2. The molecule has 5 nitrogen and oxygen atoms in total. The largest absolute Gasteiger partial charge is 0.317 e. The fraction of sp³-hybridized carbons (Fsp3) is 0.0769. The van der Waals surface area contributed by atoms with Crippen LogP contribution in [0.15, 0.2) is 36.9 Å². The molecule has 0 aromatic carbocycles. The second-order valence-electron chi connectivity index (χ2n) is 4.19. The van der Waals surface area contributed by atoms with Crippen LogP contribution in [-0.2, 0) is 7.05 Å². The Morgan fingerprint density at radius 3 is 2.50 bits per heavy atom. The second-order valence-corrected chi connectivity index (χ2v) is 4.96. The van der Waals surface area contributed by atoms with Crippen LogP contribution in [0.2, 0.25) is 10.3 Å². The normalized spacial score (nSPS) is 10.8. The molecule has 3 aromatic rings. The van der Waals surface area contributed by atoms with E-state index in [1.807, 2.05) is 17.7 Å². The van der Waals surface area contributed by atoms with Gasteiger partial charge >= 0.3 is 0 Å². The van der Waals surface area contributed by atoms with E-state index in [1.54, 1.807) is 30.9 Å². The minimum atomic E-state index is 0.334. The zero-order valence-corrected chi connectivity index (χ0v) is 12.0. The lowest BCUT2D eigenvalue weighted by Gasteiger charge is -2.09. The molecule has 3 heterocycles. The molecule has 0 spiro atoms. The van der Waals surface area contributed by atoms with E-state index in [1.165, 1.54) is 0 Å². The van der Waals surface area contributed by atoms with Crippen molar-refractivity contribution in [3.05, 3.63) is 47.2 Å². The molecule has 0 unspecified atom stereocenters. The summed E-state index contributed by atoms with van der Waals surface area (Å²) >= 11 is 11.9. The topological polar surface area (TPSA) is 56.5 Å². The van der Waals surface area contributed by atoms with Crippen LogP contribution in [-0.4, -0.2) is 24.7 Å². The summed E-state index contributed by atoms with van der Waals surface area (Å²) < 4.78 is 1.84. The predicted octanol–water partition coefficient (Wildman–Crippen LogP) is 3.25. The third-order valence-corrected chi connectivity index (χ3v) is 3.23. The van der Waals surface area contributed by atoms with Crippen molar-refractivity contribution < 1.29 is 0 Å². The Bertz CT molecular complexity index is 749. The average molecular weight is 306 g/mol. The molecule has 0 amide bonds. The molecule has 0 N–H and O–H groups in total. The number of aromatic nitrogens is 5. The molecule has 0 aliphatic carbocycles. The molecule has 0 aliphatic heterocycles. The van der Waals surface area contributed by atoms with Crippen molar-refractivity contribution in [1.82, 2.24) is 24.7 Å². The lowest BCUT2D eigenvalue weighted by atomic mass is 10.0. The SMILES string of the molecule is Cn1cnnc1-c1ccncc1-c1cc(Cl)nc(Cl)c1. The minimum absolute atomic E-state index is 0.334. The zero-order chi connectivity index (χ0) is 14.1. The summed E-state index contributed by atoms with van der Waals surface area (Å²) in [5.41, 5.74) is 2.61. The molecule has 3 rings (SSSR count). The van der Waals surface area contributed by atoms with E-state index in [2.05, 4.69) is 20.2 Å². The standard InChI is InChI=1S/C13H9Cl2N5/c1-20-7-17-19-13(20)9-2-3-16-6-10(9)8-4-11(14)18-12(15)5-8/h2-7H,1H3. The van der Waals surface area contributed by atoms with Crippen molar-refractivity contribution in [2.75, 3.05) is 0 Å². The van der Waals surface area contributed by atoms with Crippen molar-refractivity contribution >= 4 is 23.2 Å². The number of hydrogen-bond acceptors (Lipinski definition) is 4. The second kappa shape index (κ2) is 5.19. The Kier molecular flexibility index (Phi) is 3.38. The van der Waals surface area contributed by atoms with E-state index < -0.39 is 0 Å². The monoisotopic (exact) mass is 305 g/mol. The van der Waals surface area contributed by atoms with Gasteiger partial charge in [-0.2, -0.15) is 0 Å². The minimum Gasteiger partial charge on any atom is -0.317 e. The number of nitrogens with zero attached hydrogens (tertiary/aromatic N) is 5. The van der Waals surface area contributed by atoms with E-state index in [0.717, 1.165) is 22.5 Å². The zero-order valence-electron chi connectivity index (χ0n) is 10.5. The van der Waals surface area contributed by atoms with E-state index in [-0.39, 0.29) is 0 Å². The number of aryl methyl sites for hydroxylation is 1. The molecule has 0 fully saturated rings. The Hall–Kier alpha value is -1.98. The highest BCUT2D eigenvalue weighted by Gasteiger charge is 2.13. The third-order valence-electron chi connectivity index (χ3n) is 2.85. The highest BCUT2D eigenvalue weighted by Crippen LogP contribution is 2.32. The van der Waals surface area contributed by atoms with Crippen molar-refractivity contribution in [2.24, 2.45) is 7.05 Å². The molecule has 0 saturated heterocycles. The van der Waals surface area contributed by atoms with Gasteiger partial charge in [0.1, 0.15) is 16.6 Å². The van der Waals surface area contributed by atoms with Crippen LogP contribution in [0.25, 0.3) is 22.5 Å². The van der Waals surface area contributed by atoms with Gasteiger partial charge in [0.05, 0.1) is 0 Å². The summed E-state index contributed by atoms with van der Waals surface area (Å²) in [4.78, 5) is 8.10. The van der Waals surface area contributed by atoms with Crippen molar-refractivity contribution in [3.8, 4) is 22.5 Å². The van der Waals surface area contributed by atoms with Crippen LogP contribution in [0.4, 0.5) is 0 Å². The first-order chi connectivity index (χ1) is 9.65. The van der Waals surface area contributed by atoms with Gasteiger partial charge in [0, 0.05) is 30.6 Å². The van der Waals surface area contributed by atoms with Gasteiger partial charge < -0.3 is 4.57 Å². The van der Waals surface area contributed by atoms with Crippen LogP contribution in [0.3, 0.4) is 0 Å². The van der Waals surface area contributed by atoms with E-state index in [9.17, 15) is 0 Å². The lowest BCUT2D eigenvalue weighted by molar-refractivity contribution is 0.919.